The first-order valence-corrected chi connectivity index (χ1v) is 5.66. The van der Waals surface area contributed by atoms with Crippen LogP contribution in [0.3, 0.4) is 0 Å². The van der Waals surface area contributed by atoms with Crippen molar-refractivity contribution >= 4 is 10.0 Å². The predicted molar refractivity (Wildman–Crippen MR) is 46.7 cm³/mol. The van der Waals surface area contributed by atoms with Crippen LogP contribution in [0.2, 0.25) is 0 Å². The molecular formula is C7H14N2O2S. The standard InChI is InChI=1S/C7H14N2O2S/c1-2-3-4-5-6-12(10,11)9-7-8/h9H,2-6H2,1H3. The molecule has 0 aliphatic carbocycles. The summed E-state index contributed by atoms with van der Waals surface area (Å²) >= 11 is 0. The lowest BCUT2D eigenvalue weighted by Gasteiger charge is -1.99. The normalized spacial score (nSPS) is 10.7. The zero-order chi connectivity index (χ0) is 9.45. The molecule has 0 atom stereocenters. The number of nitrogens with zero attached hydrogens (tertiary/aromatic N) is 1. The van der Waals surface area contributed by atoms with E-state index in [4.69, 9.17) is 5.26 Å². The van der Waals surface area contributed by atoms with E-state index < -0.39 is 10.0 Å². The molecule has 0 saturated heterocycles. The summed E-state index contributed by atoms with van der Waals surface area (Å²) in [5.74, 6) is 0.0561. The molecule has 0 spiro atoms. The lowest BCUT2D eigenvalue weighted by atomic mass is 10.2. The van der Waals surface area contributed by atoms with Crippen LogP contribution in [0.25, 0.3) is 0 Å². The summed E-state index contributed by atoms with van der Waals surface area (Å²) in [6.07, 6.45) is 5.07. The Morgan fingerprint density at radius 3 is 2.50 bits per heavy atom. The van der Waals surface area contributed by atoms with Crippen molar-refractivity contribution in [1.29, 1.82) is 5.26 Å². The molecule has 0 aliphatic heterocycles. The molecule has 5 heteroatoms. The average molecular weight is 190 g/mol. The summed E-state index contributed by atoms with van der Waals surface area (Å²) in [6.45, 7) is 2.06. The van der Waals surface area contributed by atoms with Gasteiger partial charge < -0.3 is 0 Å². The van der Waals surface area contributed by atoms with Gasteiger partial charge in [0.05, 0.1) is 5.75 Å². The maximum Gasteiger partial charge on any atom is 0.240 e. The quantitative estimate of drug-likeness (QED) is 0.385. The number of unbranched alkanes of at least 4 members (excludes halogenated alkanes) is 3. The lowest BCUT2D eigenvalue weighted by molar-refractivity contribution is 0.584. The van der Waals surface area contributed by atoms with E-state index in [-0.39, 0.29) is 5.75 Å². The van der Waals surface area contributed by atoms with Gasteiger partial charge in [0.25, 0.3) is 0 Å². The third kappa shape index (κ3) is 5.98. The SMILES string of the molecule is CCCCCCS(=O)(=O)NC#N. The minimum atomic E-state index is -3.32. The molecule has 0 radical (unpaired) electrons. The van der Waals surface area contributed by atoms with Crippen LogP contribution in [0.1, 0.15) is 32.6 Å². The van der Waals surface area contributed by atoms with Gasteiger partial charge in [-0.15, -0.1) is 0 Å². The van der Waals surface area contributed by atoms with Crippen molar-refractivity contribution in [3.05, 3.63) is 0 Å². The first-order valence-electron chi connectivity index (χ1n) is 4.01. The molecule has 0 aromatic carbocycles. The lowest BCUT2D eigenvalue weighted by Crippen LogP contribution is -2.21. The van der Waals surface area contributed by atoms with Gasteiger partial charge in [0.2, 0.25) is 10.0 Å². The Kier molecular flexibility index (Phi) is 5.47. The van der Waals surface area contributed by atoms with Crippen molar-refractivity contribution in [2.75, 3.05) is 5.75 Å². The summed E-state index contributed by atoms with van der Waals surface area (Å²) < 4.78 is 23.5. The smallest absolute Gasteiger partial charge is 0.219 e. The van der Waals surface area contributed by atoms with Crippen LogP contribution in [0.15, 0.2) is 0 Å². The van der Waals surface area contributed by atoms with Crippen LogP contribution in [0, 0.1) is 11.5 Å². The fourth-order valence-corrected chi connectivity index (χ4v) is 1.66. The Balaban J connectivity index is 3.57. The zero-order valence-electron chi connectivity index (χ0n) is 7.21. The maximum atomic E-state index is 10.9. The number of hydrogen-bond donors (Lipinski definition) is 1. The fourth-order valence-electron chi connectivity index (χ4n) is 0.839. The van der Waals surface area contributed by atoms with Crippen molar-refractivity contribution in [3.63, 3.8) is 0 Å². The van der Waals surface area contributed by atoms with E-state index in [0.29, 0.717) is 6.42 Å². The summed E-state index contributed by atoms with van der Waals surface area (Å²) in [4.78, 5) is 0. The van der Waals surface area contributed by atoms with Crippen LogP contribution in [-0.2, 0) is 10.0 Å². The number of nitrogens with one attached hydrogen (secondary N) is 1. The van der Waals surface area contributed by atoms with Crippen molar-refractivity contribution in [1.82, 2.24) is 4.72 Å². The summed E-state index contributed by atoms with van der Waals surface area (Å²) in [5.41, 5.74) is 0. The van der Waals surface area contributed by atoms with Crippen molar-refractivity contribution in [3.8, 4) is 6.19 Å². The monoisotopic (exact) mass is 190 g/mol. The third-order valence-corrected chi connectivity index (χ3v) is 2.70. The zero-order valence-corrected chi connectivity index (χ0v) is 8.02. The predicted octanol–water partition coefficient (Wildman–Crippen LogP) is 0.967. The summed E-state index contributed by atoms with van der Waals surface area (Å²) in [5, 5.41) is 8.06. The largest absolute Gasteiger partial charge is 0.240 e. The van der Waals surface area contributed by atoms with Crippen LogP contribution in [0.5, 0.6) is 0 Å². The highest BCUT2D eigenvalue weighted by Gasteiger charge is 2.06. The second-order valence-electron chi connectivity index (χ2n) is 2.59. The molecule has 1 N–H and O–H groups in total. The van der Waals surface area contributed by atoms with Crippen molar-refractivity contribution < 1.29 is 8.42 Å². The van der Waals surface area contributed by atoms with Crippen LogP contribution in [-0.4, -0.2) is 14.2 Å². The van der Waals surface area contributed by atoms with Crippen LogP contribution < -0.4 is 4.72 Å². The van der Waals surface area contributed by atoms with Gasteiger partial charge >= 0.3 is 0 Å². The number of hydrogen-bond acceptors (Lipinski definition) is 3. The molecule has 0 bridgehead atoms. The number of sulfonamides is 1. The minimum absolute atomic E-state index is 0.0561. The molecule has 0 aromatic rings. The fraction of sp³-hybridized carbons (Fsp3) is 0.857. The topological polar surface area (TPSA) is 70.0 Å². The van der Waals surface area contributed by atoms with E-state index in [9.17, 15) is 8.42 Å². The Hall–Kier alpha value is -0.760. The highest BCUT2D eigenvalue weighted by Crippen LogP contribution is 2.00. The molecular weight excluding hydrogens is 176 g/mol. The van der Waals surface area contributed by atoms with E-state index >= 15 is 0 Å². The number of nitriles is 1. The van der Waals surface area contributed by atoms with Gasteiger partial charge in [0, 0.05) is 0 Å². The maximum absolute atomic E-state index is 10.9. The van der Waals surface area contributed by atoms with Crippen LogP contribution >= 0.6 is 0 Å². The summed E-state index contributed by atoms with van der Waals surface area (Å²) in [7, 11) is -3.32. The Bertz CT molecular complexity index is 241. The van der Waals surface area contributed by atoms with Gasteiger partial charge in [-0.05, 0) is 6.42 Å². The molecule has 0 aromatic heterocycles. The van der Waals surface area contributed by atoms with Gasteiger partial charge in [-0.1, -0.05) is 26.2 Å². The van der Waals surface area contributed by atoms with E-state index in [1.807, 2.05) is 0 Å². The van der Waals surface area contributed by atoms with E-state index in [1.165, 1.54) is 6.19 Å². The Morgan fingerprint density at radius 2 is 2.00 bits per heavy atom. The molecule has 70 valence electrons. The van der Waals surface area contributed by atoms with Gasteiger partial charge in [-0.3, -0.25) is 0 Å². The first kappa shape index (κ1) is 11.2. The molecule has 0 unspecified atom stereocenters. The second-order valence-corrected chi connectivity index (χ2v) is 4.44. The Labute approximate surface area is 73.6 Å². The molecule has 4 nitrogen and oxygen atoms in total. The third-order valence-electron chi connectivity index (χ3n) is 1.47. The van der Waals surface area contributed by atoms with Gasteiger partial charge in [0.15, 0.2) is 6.19 Å². The summed E-state index contributed by atoms with van der Waals surface area (Å²) in [6, 6.07) is 0. The second kappa shape index (κ2) is 5.84. The number of rotatable bonds is 6. The van der Waals surface area contributed by atoms with E-state index in [1.54, 1.807) is 4.72 Å². The highest BCUT2D eigenvalue weighted by molar-refractivity contribution is 7.89. The molecule has 0 fully saturated rings. The van der Waals surface area contributed by atoms with Gasteiger partial charge in [0.1, 0.15) is 0 Å². The molecule has 0 saturated carbocycles. The van der Waals surface area contributed by atoms with Gasteiger partial charge in [-0.25, -0.2) is 13.1 Å². The molecule has 0 heterocycles. The molecule has 0 aliphatic rings. The molecule has 0 amide bonds. The molecule has 12 heavy (non-hydrogen) atoms. The van der Waals surface area contributed by atoms with Crippen molar-refractivity contribution in [2.45, 2.75) is 32.6 Å². The average Bonchev–Trinajstić information content (AvgIpc) is 1.98. The minimum Gasteiger partial charge on any atom is -0.219 e. The first-order chi connectivity index (χ1) is 5.62. The van der Waals surface area contributed by atoms with Crippen LogP contribution in [0.4, 0.5) is 0 Å². The van der Waals surface area contributed by atoms with E-state index in [0.717, 1.165) is 19.3 Å². The Morgan fingerprint density at radius 1 is 1.33 bits per heavy atom. The van der Waals surface area contributed by atoms with Gasteiger partial charge in [-0.2, -0.15) is 5.26 Å². The van der Waals surface area contributed by atoms with E-state index in [2.05, 4.69) is 6.92 Å². The van der Waals surface area contributed by atoms with Crippen molar-refractivity contribution in [2.24, 2.45) is 0 Å². The molecule has 0 rings (SSSR count). The highest BCUT2D eigenvalue weighted by atomic mass is 32.2.